The van der Waals surface area contributed by atoms with Crippen LogP contribution in [-0.2, 0) is 11.3 Å². The van der Waals surface area contributed by atoms with Crippen molar-refractivity contribution in [2.24, 2.45) is 5.92 Å². The molecule has 18 heavy (non-hydrogen) atoms. The van der Waals surface area contributed by atoms with Crippen molar-refractivity contribution in [2.75, 3.05) is 13.6 Å². The second-order valence-electron chi connectivity index (χ2n) is 5.27. The first-order valence-corrected chi connectivity index (χ1v) is 6.59. The minimum absolute atomic E-state index is 0.165. The zero-order valence-electron chi connectivity index (χ0n) is 11.4. The molecule has 1 aromatic rings. The molecule has 0 bridgehead atoms. The van der Waals surface area contributed by atoms with E-state index >= 15 is 0 Å². The van der Waals surface area contributed by atoms with Gasteiger partial charge in [-0.05, 0) is 39.3 Å². The van der Waals surface area contributed by atoms with Crippen molar-refractivity contribution in [3.63, 3.8) is 0 Å². The maximum absolute atomic E-state index is 12.3. The average Bonchev–Trinajstić information content (AvgIpc) is 2.74. The van der Waals surface area contributed by atoms with E-state index in [1.54, 1.807) is 6.26 Å². The van der Waals surface area contributed by atoms with Crippen molar-refractivity contribution in [2.45, 2.75) is 39.3 Å². The van der Waals surface area contributed by atoms with Gasteiger partial charge >= 0.3 is 0 Å². The summed E-state index contributed by atoms with van der Waals surface area (Å²) in [5.41, 5.74) is 1.09. The average molecular weight is 250 g/mol. The first kappa shape index (κ1) is 13.1. The lowest BCUT2D eigenvalue weighted by Crippen LogP contribution is -2.42. The fourth-order valence-corrected chi connectivity index (χ4v) is 2.58. The Morgan fingerprint density at radius 2 is 2.39 bits per heavy atom. The smallest absolute Gasteiger partial charge is 0.225 e. The van der Waals surface area contributed by atoms with Gasteiger partial charge in [0.15, 0.2) is 0 Å². The highest BCUT2D eigenvalue weighted by Crippen LogP contribution is 2.20. The van der Waals surface area contributed by atoms with Crippen LogP contribution in [0.3, 0.4) is 0 Å². The maximum Gasteiger partial charge on any atom is 0.225 e. The number of nitrogens with one attached hydrogen (secondary N) is 1. The van der Waals surface area contributed by atoms with Crippen molar-refractivity contribution >= 4 is 5.91 Å². The molecule has 0 aliphatic carbocycles. The van der Waals surface area contributed by atoms with E-state index in [1.807, 2.05) is 24.9 Å². The highest BCUT2D eigenvalue weighted by molar-refractivity contribution is 5.78. The van der Waals surface area contributed by atoms with Crippen LogP contribution in [0.15, 0.2) is 16.7 Å². The zero-order valence-corrected chi connectivity index (χ0v) is 11.4. The molecule has 100 valence electrons. The lowest BCUT2D eigenvalue weighted by molar-refractivity contribution is -0.135. The van der Waals surface area contributed by atoms with Crippen LogP contribution < -0.4 is 5.32 Å². The number of carbonyl (C=O) groups excluding carboxylic acids is 1. The molecule has 1 aromatic heterocycles. The van der Waals surface area contributed by atoms with Crippen LogP contribution >= 0.6 is 0 Å². The van der Waals surface area contributed by atoms with Crippen molar-refractivity contribution < 1.29 is 9.21 Å². The van der Waals surface area contributed by atoms with Gasteiger partial charge in [-0.2, -0.15) is 0 Å². The second-order valence-corrected chi connectivity index (χ2v) is 5.27. The van der Waals surface area contributed by atoms with Gasteiger partial charge in [-0.15, -0.1) is 0 Å². The molecule has 0 radical (unpaired) electrons. The zero-order chi connectivity index (χ0) is 13.1. The molecule has 4 heteroatoms. The first-order valence-electron chi connectivity index (χ1n) is 6.59. The van der Waals surface area contributed by atoms with Gasteiger partial charge in [0.2, 0.25) is 5.91 Å². The van der Waals surface area contributed by atoms with E-state index in [0.717, 1.165) is 30.7 Å². The summed E-state index contributed by atoms with van der Waals surface area (Å²) in [6.45, 7) is 5.65. The van der Waals surface area contributed by atoms with Crippen LogP contribution in [0.25, 0.3) is 0 Å². The number of hydrogen-bond acceptors (Lipinski definition) is 3. The molecule has 2 atom stereocenters. The Morgan fingerprint density at radius 3 is 3.00 bits per heavy atom. The Morgan fingerprint density at radius 1 is 1.61 bits per heavy atom. The lowest BCUT2D eigenvalue weighted by atomic mass is 9.92. The van der Waals surface area contributed by atoms with E-state index in [0.29, 0.717) is 12.6 Å². The predicted octanol–water partition coefficient (Wildman–Crippen LogP) is 1.93. The Bertz CT molecular complexity index is 414. The Kier molecular flexibility index (Phi) is 4.07. The second kappa shape index (κ2) is 5.57. The number of amides is 1. The normalized spacial score (nSPS) is 23.9. The van der Waals surface area contributed by atoms with Crippen LogP contribution in [0.5, 0.6) is 0 Å². The van der Waals surface area contributed by atoms with E-state index in [2.05, 4.69) is 12.2 Å². The van der Waals surface area contributed by atoms with Crippen LogP contribution in [0, 0.1) is 12.8 Å². The standard InChI is InChI=1S/C14H22N2O2/c1-10-8-12(4-6-15-10)14(17)16(3)9-13-5-7-18-11(13)2/h5,7,10,12,15H,4,6,8-9H2,1-3H3. The van der Waals surface area contributed by atoms with E-state index in [1.165, 1.54) is 0 Å². The quantitative estimate of drug-likeness (QED) is 0.891. The highest BCUT2D eigenvalue weighted by atomic mass is 16.3. The summed E-state index contributed by atoms with van der Waals surface area (Å²) in [7, 11) is 1.88. The summed E-state index contributed by atoms with van der Waals surface area (Å²) in [6, 6.07) is 2.38. The monoisotopic (exact) mass is 250 g/mol. The van der Waals surface area contributed by atoms with Gasteiger partial charge in [0.25, 0.3) is 0 Å². The van der Waals surface area contributed by atoms with Crippen molar-refractivity contribution in [3.05, 3.63) is 23.7 Å². The van der Waals surface area contributed by atoms with Crippen molar-refractivity contribution in [1.29, 1.82) is 0 Å². The fourth-order valence-electron chi connectivity index (χ4n) is 2.58. The Labute approximate surface area is 108 Å². The van der Waals surface area contributed by atoms with Crippen LogP contribution in [0.4, 0.5) is 0 Å². The van der Waals surface area contributed by atoms with Gasteiger partial charge in [-0.1, -0.05) is 0 Å². The molecule has 1 aliphatic heterocycles. The summed E-state index contributed by atoms with van der Waals surface area (Å²) in [4.78, 5) is 14.2. The largest absolute Gasteiger partial charge is 0.469 e. The van der Waals surface area contributed by atoms with E-state index in [9.17, 15) is 4.79 Å². The van der Waals surface area contributed by atoms with Crippen LogP contribution in [0.2, 0.25) is 0 Å². The predicted molar refractivity (Wildman–Crippen MR) is 70.1 cm³/mol. The third kappa shape index (κ3) is 2.93. The van der Waals surface area contributed by atoms with Crippen molar-refractivity contribution in [3.8, 4) is 0 Å². The molecule has 4 nitrogen and oxygen atoms in total. The van der Waals surface area contributed by atoms with Gasteiger partial charge in [0, 0.05) is 31.1 Å². The van der Waals surface area contributed by atoms with Gasteiger partial charge in [-0.3, -0.25) is 4.79 Å². The third-order valence-corrected chi connectivity index (χ3v) is 3.72. The molecule has 1 N–H and O–H groups in total. The van der Waals surface area contributed by atoms with Gasteiger partial charge in [0.05, 0.1) is 6.26 Å². The van der Waals surface area contributed by atoms with E-state index < -0.39 is 0 Å². The topological polar surface area (TPSA) is 45.5 Å². The SMILES string of the molecule is Cc1occc1CN(C)C(=O)C1CCNC(C)C1. The van der Waals surface area contributed by atoms with Gasteiger partial charge in [0.1, 0.15) is 5.76 Å². The summed E-state index contributed by atoms with van der Waals surface area (Å²) in [5.74, 6) is 1.32. The molecule has 1 amide bonds. The van der Waals surface area contributed by atoms with Gasteiger partial charge in [-0.25, -0.2) is 0 Å². The molecule has 1 aliphatic rings. The van der Waals surface area contributed by atoms with Crippen LogP contribution in [0.1, 0.15) is 31.1 Å². The molecule has 2 heterocycles. The molecular weight excluding hydrogens is 228 g/mol. The highest BCUT2D eigenvalue weighted by Gasteiger charge is 2.27. The number of nitrogens with zero attached hydrogens (tertiary/aromatic N) is 1. The number of rotatable bonds is 3. The molecule has 0 saturated carbocycles. The summed E-state index contributed by atoms with van der Waals surface area (Å²) in [6.07, 6.45) is 3.56. The number of carbonyl (C=O) groups is 1. The molecular formula is C14H22N2O2. The summed E-state index contributed by atoms with van der Waals surface area (Å²) < 4.78 is 5.26. The Balaban J connectivity index is 1.94. The van der Waals surface area contributed by atoms with Crippen molar-refractivity contribution in [1.82, 2.24) is 10.2 Å². The molecule has 0 spiro atoms. The Hall–Kier alpha value is -1.29. The lowest BCUT2D eigenvalue weighted by Gasteiger charge is -2.30. The summed E-state index contributed by atoms with van der Waals surface area (Å²) in [5, 5.41) is 3.37. The third-order valence-electron chi connectivity index (χ3n) is 3.72. The molecule has 2 unspecified atom stereocenters. The maximum atomic E-state index is 12.3. The molecule has 0 aromatic carbocycles. The first-order chi connectivity index (χ1) is 8.58. The van der Waals surface area contributed by atoms with Crippen LogP contribution in [-0.4, -0.2) is 30.4 Å². The summed E-state index contributed by atoms with van der Waals surface area (Å²) >= 11 is 0. The number of hydrogen-bond donors (Lipinski definition) is 1. The van der Waals surface area contributed by atoms with E-state index in [-0.39, 0.29) is 11.8 Å². The molecule has 1 fully saturated rings. The fraction of sp³-hybridized carbons (Fsp3) is 0.643. The number of piperidine rings is 1. The number of aryl methyl sites for hydroxylation is 1. The number of furan rings is 1. The minimum Gasteiger partial charge on any atom is -0.469 e. The molecule has 2 rings (SSSR count). The van der Waals surface area contributed by atoms with Gasteiger partial charge < -0.3 is 14.6 Å². The minimum atomic E-state index is 0.165. The molecule has 1 saturated heterocycles. The van der Waals surface area contributed by atoms with E-state index in [4.69, 9.17) is 4.42 Å².